The van der Waals surface area contributed by atoms with Crippen LogP contribution in [0.4, 0.5) is 0 Å². The summed E-state index contributed by atoms with van der Waals surface area (Å²) in [6, 6.07) is 5.98. The summed E-state index contributed by atoms with van der Waals surface area (Å²) in [4.78, 5) is 15.4. The highest BCUT2D eigenvalue weighted by Gasteiger charge is 2.21. The molecule has 3 rings (SSSR count). The van der Waals surface area contributed by atoms with E-state index in [0.717, 1.165) is 73.7 Å². The molecule has 1 aromatic heterocycles. The van der Waals surface area contributed by atoms with Gasteiger partial charge in [0.2, 0.25) is 0 Å². The number of benzene rings is 1. The maximum atomic E-state index is 5.53. The van der Waals surface area contributed by atoms with E-state index in [1.807, 2.05) is 18.3 Å². The third-order valence-electron chi connectivity index (χ3n) is 5.20. The molecule has 7 nitrogen and oxygen atoms in total. The smallest absolute Gasteiger partial charge is 0.194 e. The molecular formula is C22H33N5O2S. The maximum absolute atomic E-state index is 5.53. The number of nitrogens with one attached hydrogen (secondary N) is 1. The number of guanidine groups is 1. The van der Waals surface area contributed by atoms with E-state index in [-0.39, 0.29) is 0 Å². The molecule has 1 N–H and O–H groups in total. The summed E-state index contributed by atoms with van der Waals surface area (Å²) in [6.45, 7) is 10.4. The number of aliphatic imine (C=N–C) groups is 1. The van der Waals surface area contributed by atoms with Crippen molar-refractivity contribution in [2.75, 3.05) is 46.9 Å². The first kappa shape index (κ1) is 22.4. The molecule has 164 valence electrons. The highest BCUT2D eigenvalue weighted by molar-refractivity contribution is 7.11. The summed E-state index contributed by atoms with van der Waals surface area (Å²) in [7, 11) is 3.41. The lowest BCUT2D eigenvalue weighted by molar-refractivity contribution is 0.171. The van der Waals surface area contributed by atoms with Crippen molar-refractivity contribution in [3.05, 3.63) is 39.8 Å². The van der Waals surface area contributed by atoms with Crippen molar-refractivity contribution in [2.45, 2.75) is 33.4 Å². The number of aryl methyl sites for hydroxylation is 1. The van der Waals surface area contributed by atoms with Crippen LogP contribution in [0.1, 0.15) is 29.3 Å². The van der Waals surface area contributed by atoms with E-state index in [1.165, 1.54) is 4.88 Å². The van der Waals surface area contributed by atoms with Gasteiger partial charge in [0.05, 0.1) is 20.8 Å². The van der Waals surface area contributed by atoms with Crippen molar-refractivity contribution in [1.82, 2.24) is 20.1 Å². The zero-order valence-corrected chi connectivity index (χ0v) is 19.3. The fraction of sp³-hybridized carbons (Fsp3) is 0.545. The number of nitrogens with zero attached hydrogens (tertiary/aromatic N) is 4. The van der Waals surface area contributed by atoms with Crippen LogP contribution in [0.5, 0.6) is 11.5 Å². The average Bonchev–Trinajstić information content (AvgIpc) is 3.25. The van der Waals surface area contributed by atoms with Crippen LogP contribution in [-0.4, -0.2) is 67.7 Å². The topological polar surface area (TPSA) is 62.2 Å². The molecule has 2 aromatic rings. The van der Waals surface area contributed by atoms with Crippen LogP contribution in [0.2, 0.25) is 0 Å². The van der Waals surface area contributed by atoms with Gasteiger partial charge >= 0.3 is 0 Å². The SMILES string of the molecule is CCNC(=NCc1ncc(CC)s1)N1CCN(Cc2cc(OC)ccc2OC)CC1. The third kappa shape index (κ3) is 5.86. The highest BCUT2D eigenvalue weighted by Crippen LogP contribution is 2.25. The summed E-state index contributed by atoms with van der Waals surface area (Å²) in [5.74, 6) is 2.74. The molecule has 0 amide bonds. The zero-order valence-electron chi connectivity index (χ0n) is 18.5. The van der Waals surface area contributed by atoms with E-state index < -0.39 is 0 Å². The number of thiazole rings is 1. The Morgan fingerprint density at radius 1 is 1.17 bits per heavy atom. The third-order valence-corrected chi connectivity index (χ3v) is 6.33. The number of piperazine rings is 1. The van der Waals surface area contributed by atoms with Crippen molar-refractivity contribution in [1.29, 1.82) is 0 Å². The van der Waals surface area contributed by atoms with Gasteiger partial charge in [0.1, 0.15) is 16.5 Å². The molecule has 8 heteroatoms. The summed E-state index contributed by atoms with van der Waals surface area (Å²) in [6.07, 6.45) is 3.00. The average molecular weight is 432 g/mol. The molecule has 0 atom stereocenters. The van der Waals surface area contributed by atoms with E-state index in [0.29, 0.717) is 6.54 Å². The summed E-state index contributed by atoms with van der Waals surface area (Å²) < 4.78 is 10.9. The molecule has 2 heterocycles. The van der Waals surface area contributed by atoms with E-state index in [4.69, 9.17) is 14.5 Å². The minimum atomic E-state index is 0.633. The lowest BCUT2D eigenvalue weighted by atomic mass is 10.1. The molecule has 1 saturated heterocycles. The lowest BCUT2D eigenvalue weighted by Gasteiger charge is -2.36. The van der Waals surface area contributed by atoms with Crippen LogP contribution < -0.4 is 14.8 Å². The van der Waals surface area contributed by atoms with Gasteiger partial charge in [0.15, 0.2) is 5.96 Å². The Balaban J connectivity index is 1.59. The van der Waals surface area contributed by atoms with Crippen LogP contribution in [0.15, 0.2) is 29.4 Å². The summed E-state index contributed by atoms with van der Waals surface area (Å²) >= 11 is 1.75. The number of methoxy groups -OCH3 is 2. The fourth-order valence-electron chi connectivity index (χ4n) is 3.52. The molecule has 0 saturated carbocycles. The molecule has 0 spiro atoms. The number of rotatable bonds is 8. The second kappa shape index (κ2) is 11.2. The first-order valence-electron chi connectivity index (χ1n) is 10.6. The number of hydrogen-bond acceptors (Lipinski definition) is 6. The van der Waals surface area contributed by atoms with E-state index in [1.54, 1.807) is 25.6 Å². The molecule has 1 aliphatic rings. The van der Waals surface area contributed by atoms with Crippen molar-refractivity contribution < 1.29 is 9.47 Å². The Morgan fingerprint density at radius 3 is 2.60 bits per heavy atom. The van der Waals surface area contributed by atoms with Gasteiger partial charge in [-0.2, -0.15) is 0 Å². The predicted molar refractivity (Wildman–Crippen MR) is 123 cm³/mol. The van der Waals surface area contributed by atoms with Gasteiger partial charge in [0.25, 0.3) is 0 Å². The van der Waals surface area contributed by atoms with Crippen LogP contribution in [-0.2, 0) is 19.5 Å². The largest absolute Gasteiger partial charge is 0.497 e. The quantitative estimate of drug-likeness (QED) is 0.512. The Hall–Kier alpha value is -2.32. The van der Waals surface area contributed by atoms with Crippen molar-refractivity contribution in [3.63, 3.8) is 0 Å². The molecule has 1 aromatic carbocycles. The molecule has 0 aliphatic carbocycles. The van der Waals surface area contributed by atoms with Gasteiger partial charge in [-0.1, -0.05) is 6.92 Å². The van der Waals surface area contributed by atoms with Crippen LogP contribution in [0.3, 0.4) is 0 Å². The molecule has 30 heavy (non-hydrogen) atoms. The van der Waals surface area contributed by atoms with E-state index in [2.05, 4.69) is 40.0 Å². The summed E-state index contributed by atoms with van der Waals surface area (Å²) in [5.41, 5.74) is 1.15. The Bertz CT molecular complexity index is 831. The Morgan fingerprint density at radius 2 is 1.97 bits per heavy atom. The second-order valence-corrected chi connectivity index (χ2v) is 8.38. The highest BCUT2D eigenvalue weighted by atomic mass is 32.1. The first-order valence-corrected chi connectivity index (χ1v) is 11.4. The van der Waals surface area contributed by atoms with Gasteiger partial charge in [-0.25, -0.2) is 9.98 Å². The van der Waals surface area contributed by atoms with Crippen LogP contribution in [0, 0.1) is 0 Å². The zero-order chi connectivity index (χ0) is 21.3. The molecule has 1 aliphatic heterocycles. The Kier molecular flexibility index (Phi) is 8.33. The van der Waals surface area contributed by atoms with E-state index >= 15 is 0 Å². The predicted octanol–water partition coefficient (Wildman–Crippen LogP) is 3.01. The standard InChI is InChI=1S/C22H33N5O2S/c1-5-19-14-24-21(30-19)15-25-22(23-6-2)27-11-9-26(10-12-27)16-17-13-18(28-3)7-8-20(17)29-4/h7-8,13-14H,5-6,9-12,15-16H2,1-4H3,(H,23,25). The minimum Gasteiger partial charge on any atom is -0.497 e. The number of hydrogen-bond donors (Lipinski definition) is 1. The van der Waals surface area contributed by atoms with Crippen LogP contribution in [0.25, 0.3) is 0 Å². The molecule has 0 radical (unpaired) electrons. The lowest BCUT2D eigenvalue weighted by Crippen LogP contribution is -2.52. The minimum absolute atomic E-state index is 0.633. The monoisotopic (exact) mass is 431 g/mol. The van der Waals surface area contributed by atoms with Crippen LogP contribution >= 0.6 is 11.3 Å². The number of aromatic nitrogens is 1. The molecule has 0 bridgehead atoms. The van der Waals surface area contributed by atoms with Gasteiger partial charge in [-0.15, -0.1) is 11.3 Å². The van der Waals surface area contributed by atoms with Crippen molar-refractivity contribution in [2.24, 2.45) is 4.99 Å². The molecule has 0 unspecified atom stereocenters. The molecule has 1 fully saturated rings. The van der Waals surface area contributed by atoms with E-state index in [9.17, 15) is 0 Å². The van der Waals surface area contributed by atoms with Gasteiger partial charge in [-0.3, -0.25) is 4.90 Å². The van der Waals surface area contributed by atoms with Gasteiger partial charge < -0.3 is 19.7 Å². The Labute approximate surface area is 183 Å². The van der Waals surface area contributed by atoms with Crippen molar-refractivity contribution >= 4 is 17.3 Å². The molecular weight excluding hydrogens is 398 g/mol. The normalized spacial score (nSPS) is 15.3. The van der Waals surface area contributed by atoms with Gasteiger partial charge in [-0.05, 0) is 31.5 Å². The second-order valence-electron chi connectivity index (χ2n) is 7.19. The summed E-state index contributed by atoms with van der Waals surface area (Å²) in [5, 5.41) is 4.51. The van der Waals surface area contributed by atoms with Gasteiger partial charge in [0, 0.05) is 55.9 Å². The first-order chi connectivity index (χ1) is 14.7. The number of ether oxygens (including phenoxy) is 2. The van der Waals surface area contributed by atoms with Crippen molar-refractivity contribution in [3.8, 4) is 11.5 Å². The maximum Gasteiger partial charge on any atom is 0.194 e. The fourth-order valence-corrected chi connectivity index (χ4v) is 4.30.